The molecular formula is C8H13F3O2Si. The van der Waals surface area contributed by atoms with Crippen molar-refractivity contribution in [3.63, 3.8) is 0 Å². The molecule has 0 rings (SSSR count). The maximum absolute atomic E-state index is 12.4. The Morgan fingerprint density at radius 1 is 1.29 bits per heavy atom. The van der Waals surface area contributed by atoms with E-state index in [2.05, 4.69) is 0 Å². The predicted octanol–water partition coefficient (Wildman–Crippen LogP) is 3.22. The summed E-state index contributed by atoms with van der Waals surface area (Å²) in [7, 11) is -2.33. The molecule has 0 aliphatic carbocycles. The third-order valence-electron chi connectivity index (χ3n) is 1.57. The Morgan fingerprint density at radius 3 is 2.14 bits per heavy atom. The lowest BCUT2D eigenvalue weighted by atomic mass is 10.4. The summed E-state index contributed by atoms with van der Waals surface area (Å²) >= 11 is 0. The highest BCUT2D eigenvalue weighted by molar-refractivity contribution is 6.72. The predicted molar refractivity (Wildman–Crippen MR) is 49.0 cm³/mol. The molecule has 0 aliphatic heterocycles. The average Bonchev–Trinajstić information content (AvgIpc) is 1.97. The van der Waals surface area contributed by atoms with Crippen molar-refractivity contribution in [1.82, 2.24) is 0 Å². The summed E-state index contributed by atoms with van der Waals surface area (Å²) < 4.78 is 40.7. The lowest BCUT2D eigenvalue weighted by Gasteiger charge is -2.20. The van der Waals surface area contributed by atoms with Gasteiger partial charge in [-0.25, -0.2) is 4.39 Å². The molecular weight excluding hydrogens is 213 g/mol. The van der Waals surface area contributed by atoms with Gasteiger partial charge in [0.25, 0.3) is 5.97 Å². The minimum absolute atomic E-state index is 0.162. The van der Waals surface area contributed by atoms with E-state index in [0.29, 0.717) is 0 Å². The van der Waals surface area contributed by atoms with Crippen LogP contribution in [0, 0.1) is 0 Å². The molecule has 0 saturated heterocycles. The molecule has 0 bridgehead atoms. The molecule has 2 nitrogen and oxygen atoms in total. The molecule has 0 aromatic heterocycles. The molecule has 0 amide bonds. The highest BCUT2D eigenvalue weighted by Gasteiger charge is 2.26. The van der Waals surface area contributed by atoms with Crippen molar-refractivity contribution in [2.75, 3.05) is 0 Å². The van der Waals surface area contributed by atoms with E-state index in [4.69, 9.17) is 4.43 Å². The maximum Gasteiger partial charge on any atom is 0.301 e. The second-order valence-electron chi connectivity index (χ2n) is 3.52. The second-order valence-corrected chi connectivity index (χ2v) is 7.74. The first-order valence-corrected chi connectivity index (χ1v) is 7.25. The number of allylic oxidation sites excluding steroid dienone is 1. The number of hydrogen-bond donors (Lipinski definition) is 0. The first-order valence-electron chi connectivity index (χ1n) is 4.14. The zero-order valence-corrected chi connectivity index (χ0v) is 9.36. The number of halogens is 3. The van der Waals surface area contributed by atoms with Crippen molar-refractivity contribution in [2.45, 2.75) is 32.5 Å². The maximum atomic E-state index is 12.4. The van der Waals surface area contributed by atoms with Gasteiger partial charge in [-0.3, -0.25) is 4.79 Å². The fraction of sp³-hybridized carbons (Fsp3) is 0.625. The molecule has 0 unspecified atom stereocenters. The van der Waals surface area contributed by atoms with E-state index in [1.165, 1.54) is 6.92 Å². The van der Waals surface area contributed by atoms with E-state index >= 15 is 0 Å². The normalized spacial score (nSPS) is 11.0. The molecule has 0 saturated carbocycles. The summed E-state index contributed by atoms with van der Waals surface area (Å²) in [5.41, 5.74) is 0. The fourth-order valence-electron chi connectivity index (χ4n) is 0.945. The Balaban J connectivity index is 4.12. The van der Waals surface area contributed by atoms with Crippen molar-refractivity contribution >= 4 is 14.3 Å². The van der Waals surface area contributed by atoms with Gasteiger partial charge in [-0.2, -0.15) is 8.78 Å². The van der Waals surface area contributed by atoms with Crippen molar-refractivity contribution in [1.29, 1.82) is 0 Å². The van der Waals surface area contributed by atoms with Gasteiger partial charge in [0.15, 0.2) is 5.83 Å². The molecule has 0 radical (unpaired) electrons. The standard InChI is InChI=1S/C8H13F3O2Si/c1-6(12)13-14(2,3)5-4-7(9)8(10)11/h4-5H2,1-3H3. The van der Waals surface area contributed by atoms with Gasteiger partial charge in [0.2, 0.25) is 8.32 Å². The zero-order valence-electron chi connectivity index (χ0n) is 8.36. The minimum atomic E-state index is -2.33. The summed E-state index contributed by atoms with van der Waals surface area (Å²) in [6.45, 7) is 4.60. The number of hydrogen-bond acceptors (Lipinski definition) is 2. The second kappa shape index (κ2) is 5.19. The molecule has 6 heteroatoms. The van der Waals surface area contributed by atoms with E-state index < -0.39 is 26.2 Å². The molecule has 0 fully saturated rings. The van der Waals surface area contributed by atoms with Gasteiger partial charge in [-0.1, -0.05) is 0 Å². The van der Waals surface area contributed by atoms with Crippen LogP contribution in [0.4, 0.5) is 13.2 Å². The Labute approximate surface area is 81.9 Å². The van der Waals surface area contributed by atoms with Crippen LogP contribution in [0.2, 0.25) is 19.1 Å². The van der Waals surface area contributed by atoms with E-state index in [-0.39, 0.29) is 12.5 Å². The molecule has 0 spiro atoms. The van der Waals surface area contributed by atoms with Crippen molar-refractivity contribution in [2.24, 2.45) is 0 Å². The highest BCUT2D eigenvalue weighted by Crippen LogP contribution is 2.21. The van der Waals surface area contributed by atoms with Crippen molar-refractivity contribution < 1.29 is 22.4 Å². The van der Waals surface area contributed by atoms with Crippen LogP contribution < -0.4 is 0 Å². The fourth-order valence-corrected chi connectivity index (χ4v) is 2.65. The third-order valence-corrected chi connectivity index (χ3v) is 3.87. The Kier molecular flexibility index (Phi) is 4.90. The van der Waals surface area contributed by atoms with E-state index in [9.17, 15) is 18.0 Å². The van der Waals surface area contributed by atoms with Gasteiger partial charge in [-0.15, -0.1) is 0 Å². The van der Waals surface area contributed by atoms with Crippen LogP contribution in [0.25, 0.3) is 0 Å². The SMILES string of the molecule is CC(=O)O[Si](C)(C)CCC(F)=C(F)F. The molecule has 82 valence electrons. The van der Waals surface area contributed by atoms with Gasteiger partial charge in [0.05, 0.1) is 0 Å². The van der Waals surface area contributed by atoms with Gasteiger partial charge >= 0.3 is 6.08 Å². The Hall–Kier alpha value is -0.783. The number of rotatable bonds is 4. The van der Waals surface area contributed by atoms with Crippen LogP contribution in [0.5, 0.6) is 0 Å². The lowest BCUT2D eigenvalue weighted by Crippen LogP contribution is -2.32. The quantitative estimate of drug-likeness (QED) is 0.688. The Bertz CT molecular complexity index is 247. The van der Waals surface area contributed by atoms with Crippen LogP contribution in [0.15, 0.2) is 11.9 Å². The molecule has 0 aliphatic rings. The summed E-state index contributed by atoms with van der Waals surface area (Å²) in [4.78, 5) is 10.6. The van der Waals surface area contributed by atoms with Gasteiger partial charge in [0, 0.05) is 13.3 Å². The van der Waals surface area contributed by atoms with Gasteiger partial charge in [-0.05, 0) is 19.1 Å². The first kappa shape index (κ1) is 13.2. The van der Waals surface area contributed by atoms with E-state index in [1.54, 1.807) is 13.1 Å². The zero-order chi connectivity index (χ0) is 11.4. The summed E-state index contributed by atoms with van der Waals surface area (Å²) in [5.74, 6) is -1.87. The van der Waals surface area contributed by atoms with Gasteiger partial charge < -0.3 is 4.43 Å². The molecule has 0 atom stereocenters. The molecule has 0 N–H and O–H groups in total. The van der Waals surface area contributed by atoms with E-state index in [0.717, 1.165) is 0 Å². The lowest BCUT2D eigenvalue weighted by molar-refractivity contribution is -0.132. The van der Waals surface area contributed by atoms with Gasteiger partial charge in [0.1, 0.15) is 0 Å². The van der Waals surface area contributed by atoms with Crippen LogP contribution in [0.1, 0.15) is 13.3 Å². The molecule has 0 aromatic rings. The third kappa shape index (κ3) is 5.79. The van der Waals surface area contributed by atoms with Crippen LogP contribution in [-0.2, 0) is 9.22 Å². The summed E-state index contributed by atoms with van der Waals surface area (Å²) in [6, 6.07) is 0.162. The van der Waals surface area contributed by atoms with Crippen LogP contribution in [0.3, 0.4) is 0 Å². The monoisotopic (exact) mass is 226 g/mol. The van der Waals surface area contributed by atoms with Crippen LogP contribution in [-0.4, -0.2) is 14.3 Å². The van der Waals surface area contributed by atoms with E-state index in [1.807, 2.05) is 0 Å². The molecule has 0 aromatic carbocycles. The number of carbonyl (C=O) groups is 1. The van der Waals surface area contributed by atoms with Crippen molar-refractivity contribution in [3.8, 4) is 0 Å². The largest absolute Gasteiger partial charge is 0.520 e. The average molecular weight is 226 g/mol. The topological polar surface area (TPSA) is 26.3 Å². The summed E-state index contributed by atoms with van der Waals surface area (Å²) in [5, 5.41) is 0. The minimum Gasteiger partial charge on any atom is -0.520 e. The molecule has 14 heavy (non-hydrogen) atoms. The molecule has 0 heterocycles. The highest BCUT2D eigenvalue weighted by atomic mass is 28.4. The van der Waals surface area contributed by atoms with Crippen LogP contribution >= 0.6 is 0 Å². The first-order chi connectivity index (χ1) is 6.24. The number of carbonyl (C=O) groups excluding carboxylic acids is 1. The summed E-state index contributed by atoms with van der Waals surface area (Å²) in [6.07, 6.45) is -2.66. The Morgan fingerprint density at radius 2 is 1.79 bits per heavy atom. The van der Waals surface area contributed by atoms with Crippen molar-refractivity contribution in [3.05, 3.63) is 11.9 Å². The smallest absolute Gasteiger partial charge is 0.301 e.